The molecule has 2 heterocycles. The van der Waals surface area contributed by atoms with Crippen molar-refractivity contribution in [1.82, 2.24) is 0 Å². The largest absolute Gasteiger partial charge is 0.268 e. The molecule has 0 spiro atoms. The molecule has 0 saturated heterocycles. The standard InChI is InChI=1S/C50H40N4O4/c1-3-5-7-9-11-29-13-17-33(18-14-29)53-47(55)37-23-21-35-42-32(28-52)26-40-44-38(48(56)54(50(40)58)34-19-15-30(16-20-34)12-10-8-6-4-2)24-22-36(46(42)44)41-31(27-51)25-39(49(53)57)43(37)45(35)41/h13-26H,3-12H2,1-2H3. The molecule has 0 aliphatic carbocycles. The van der Waals surface area contributed by atoms with Gasteiger partial charge in [0.1, 0.15) is 0 Å². The van der Waals surface area contributed by atoms with E-state index in [1.54, 1.807) is 60.7 Å². The molecule has 0 bridgehead atoms. The van der Waals surface area contributed by atoms with Crippen LogP contribution in [-0.2, 0) is 12.8 Å². The van der Waals surface area contributed by atoms with E-state index in [2.05, 4.69) is 26.0 Å². The fourth-order valence-electron chi connectivity index (χ4n) is 9.25. The van der Waals surface area contributed by atoms with Crippen LogP contribution in [0.1, 0.15) is 129 Å². The number of anilines is 2. The average Bonchev–Trinajstić information content (AvgIpc) is 3.25. The van der Waals surface area contributed by atoms with Crippen molar-refractivity contribution in [1.29, 1.82) is 10.5 Å². The zero-order valence-corrected chi connectivity index (χ0v) is 32.6. The molecule has 0 N–H and O–H groups in total. The minimum atomic E-state index is -0.536. The van der Waals surface area contributed by atoms with E-state index in [-0.39, 0.29) is 22.3 Å². The summed E-state index contributed by atoms with van der Waals surface area (Å²) < 4.78 is 0. The summed E-state index contributed by atoms with van der Waals surface area (Å²) in [4.78, 5) is 59.8. The number of unbranched alkanes of at least 4 members (excludes halogenated alkanes) is 6. The summed E-state index contributed by atoms with van der Waals surface area (Å²) in [6, 6.07) is 29.6. The highest BCUT2D eigenvalue weighted by Crippen LogP contribution is 2.49. The zero-order chi connectivity index (χ0) is 40.2. The number of carbonyl (C=O) groups is 4. The molecule has 8 nitrogen and oxygen atoms in total. The fourth-order valence-corrected chi connectivity index (χ4v) is 9.25. The lowest BCUT2D eigenvalue weighted by Gasteiger charge is -2.30. The Balaban J connectivity index is 1.19. The molecule has 0 saturated carbocycles. The summed E-state index contributed by atoms with van der Waals surface area (Å²) in [5, 5.41) is 25.3. The van der Waals surface area contributed by atoms with E-state index in [0.29, 0.717) is 65.6 Å². The molecule has 0 aromatic heterocycles. The van der Waals surface area contributed by atoms with Crippen molar-refractivity contribution in [3.05, 3.63) is 129 Å². The Morgan fingerprint density at radius 2 is 0.810 bits per heavy atom. The molecule has 0 fully saturated rings. The monoisotopic (exact) mass is 760 g/mol. The summed E-state index contributed by atoms with van der Waals surface area (Å²) in [7, 11) is 0. The Morgan fingerprint density at radius 3 is 1.17 bits per heavy atom. The summed E-state index contributed by atoms with van der Waals surface area (Å²) in [6.45, 7) is 4.35. The lowest BCUT2D eigenvalue weighted by Crippen LogP contribution is -2.40. The first-order valence-corrected chi connectivity index (χ1v) is 20.3. The third-order valence-corrected chi connectivity index (χ3v) is 12.1. The Hall–Kier alpha value is -6.90. The topological polar surface area (TPSA) is 122 Å². The second-order valence-corrected chi connectivity index (χ2v) is 15.6. The maximum atomic E-state index is 14.4. The predicted molar refractivity (Wildman–Crippen MR) is 228 cm³/mol. The van der Waals surface area contributed by atoms with Crippen molar-refractivity contribution in [3.8, 4) is 12.1 Å². The van der Waals surface area contributed by atoms with Crippen LogP contribution in [0.5, 0.6) is 0 Å². The van der Waals surface area contributed by atoms with Gasteiger partial charge in [-0.05, 0) is 96.1 Å². The minimum absolute atomic E-state index is 0.209. The van der Waals surface area contributed by atoms with E-state index in [9.17, 15) is 29.7 Å². The second-order valence-electron chi connectivity index (χ2n) is 15.6. The minimum Gasteiger partial charge on any atom is -0.268 e. The smallest absolute Gasteiger partial charge is 0.266 e. The highest BCUT2D eigenvalue weighted by molar-refractivity contribution is 6.46. The van der Waals surface area contributed by atoms with Crippen molar-refractivity contribution in [3.63, 3.8) is 0 Å². The predicted octanol–water partition coefficient (Wildman–Crippen LogP) is 11.3. The lowest BCUT2D eigenvalue weighted by atomic mass is 9.79. The number of imide groups is 2. The van der Waals surface area contributed by atoms with Gasteiger partial charge in [-0.3, -0.25) is 19.2 Å². The zero-order valence-electron chi connectivity index (χ0n) is 32.6. The van der Waals surface area contributed by atoms with E-state index < -0.39 is 23.6 Å². The molecule has 0 unspecified atom stereocenters. The van der Waals surface area contributed by atoms with Crippen LogP contribution < -0.4 is 9.80 Å². The SMILES string of the molecule is CCCCCCc1ccc(N2C(=O)c3ccc4c5c(C#N)cc6c7c(ccc(c8c(C#N)cc(c3c48)C2=O)c75)C(=O)N(c2ccc(CCCCCC)cc2)C6=O)cc1. The quantitative estimate of drug-likeness (QED) is 0.0529. The maximum Gasteiger partial charge on any atom is 0.266 e. The molecule has 284 valence electrons. The van der Waals surface area contributed by atoms with Gasteiger partial charge in [-0.25, -0.2) is 9.80 Å². The Labute approximate surface area is 336 Å². The van der Waals surface area contributed by atoms with Crippen LogP contribution in [0.3, 0.4) is 0 Å². The van der Waals surface area contributed by atoms with Gasteiger partial charge in [0.2, 0.25) is 0 Å². The molecule has 9 rings (SSSR count). The van der Waals surface area contributed by atoms with Gasteiger partial charge in [0.05, 0.1) is 45.8 Å². The van der Waals surface area contributed by atoms with Gasteiger partial charge in [-0.2, -0.15) is 10.5 Å². The van der Waals surface area contributed by atoms with Crippen LogP contribution in [0.2, 0.25) is 0 Å². The number of hydrogen-bond acceptors (Lipinski definition) is 6. The molecule has 0 radical (unpaired) electrons. The molecule has 7 aromatic carbocycles. The fraction of sp³-hybridized carbons (Fsp3) is 0.240. The lowest BCUT2D eigenvalue weighted by molar-refractivity contribution is 0.0877. The molecule has 4 amide bonds. The van der Waals surface area contributed by atoms with Crippen molar-refractivity contribution in [2.75, 3.05) is 9.80 Å². The normalized spacial score (nSPS) is 13.7. The van der Waals surface area contributed by atoms with Gasteiger partial charge < -0.3 is 0 Å². The molecule has 2 aliphatic heterocycles. The highest BCUT2D eigenvalue weighted by atomic mass is 16.2. The Morgan fingerprint density at radius 1 is 0.431 bits per heavy atom. The van der Waals surface area contributed by atoms with Crippen molar-refractivity contribution in [2.45, 2.75) is 78.1 Å². The third-order valence-electron chi connectivity index (χ3n) is 12.1. The number of hydrogen-bond donors (Lipinski definition) is 0. The maximum absolute atomic E-state index is 14.4. The van der Waals surface area contributed by atoms with Crippen LogP contribution in [0.4, 0.5) is 11.4 Å². The molecular weight excluding hydrogens is 721 g/mol. The number of aryl methyl sites for hydroxylation is 2. The number of fused-ring (bicyclic) bond motifs is 2. The van der Waals surface area contributed by atoms with Crippen molar-refractivity contribution < 1.29 is 19.2 Å². The first-order valence-electron chi connectivity index (χ1n) is 20.3. The van der Waals surface area contributed by atoms with Gasteiger partial charge >= 0.3 is 0 Å². The molecule has 7 aromatic rings. The Kier molecular flexibility index (Phi) is 9.21. The van der Waals surface area contributed by atoms with Gasteiger partial charge in [0, 0.05) is 43.4 Å². The van der Waals surface area contributed by atoms with E-state index in [1.807, 2.05) is 24.3 Å². The van der Waals surface area contributed by atoms with Gasteiger partial charge in [-0.15, -0.1) is 0 Å². The van der Waals surface area contributed by atoms with Crippen LogP contribution in [0, 0.1) is 22.7 Å². The molecule has 8 heteroatoms. The first-order chi connectivity index (χ1) is 28.3. The summed E-state index contributed by atoms with van der Waals surface area (Å²) in [5.41, 5.74) is 4.63. The number of carbonyl (C=O) groups excluding carboxylic acids is 4. The van der Waals surface area contributed by atoms with Gasteiger partial charge in [-0.1, -0.05) is 88.8 Å². The van der Waals surface area contributed by atoms with E-state index in [4.69, 9.17) is 0 Å². The number of nitrogens with zero attached hydrogens (tertiary/aromatic N) is 4. The van der Waals surface area contributed by atoms with Gasteiger partial charge in [0.25, 0.3) is 23.6 Å². The number of nitriles is 2. The first kappa shape index (κ1) is 36.7. The van der Waals surface area contributed by atoms with E-state index in [0.717, 1.165) is 62.5 Å². The Bertz CT molecular complexity index is 2760. The third kappa shape index (κ3) is 5.55. The van der Waals surface area contributed by atoms with Crippen LogP contribution in [-0.4, -0.2) is 23.6 Å². The molecular formula is C50H40N4O4. The van der Waals surface area contributed by atoms with E-state index in [1.165, 1.54) is 22.6 Å². The highest BCUT2D eigenvalue weighted by Gasteiger charge is 2.39. The molecule has 2 aliphatic rings. The average molecular weight is 761 g/mol. The molecule has 58 heavy (non-hydrogen) atoms. The van der Waals surface area contributed by atoms with E-state index >= 15 is 0 Å². The van der Waals surface area contributed by atoms with Crippen molar-refractivity contribution in [2.24, 2.45) is 0 Å². The van der Waals surface area contributed by atoms with Crippen molar-refractivity contribution >= 4 is 78.1 Å². The summed E-state index contributed by atoms with van der Waals surface area (Å²) in [5.74, 6) is -2.03. The van der Waals surface area contributed by atoms with Crippen LogP contribution in [0.15, 0.2) is 84.9 Å². The summed E-state index contributed by atoms with van der Waals surface area (Å²) >= 11 is 0. The van der Waals surface area contributed by atoms with Gasteiger partial charge in [0.15, 0.2) is 0 Å². The number of rotatable bonds is 12. The second kappa shape index (κ2) is 14.6. The van der Waals surface area contributed by atoms with Crippen LogP contribution in [0.25, 0.3) is 43.1 Å². The number of benzene rings is 7. The van der Waals surface area contributed by atoms with Crippen LogP contribution >= 0.6 is 0 Å². The summed E-state index contributed by atoms with van der Waals surface area (Å²) in [6.07, 6.45) is 10.9. The molecule has 0 atom stereocenters. The number of amides is 4.